The number of Topliss-reactive ketones (excluding diaryl/α,β-unsaturated/α-hetero) is 1. The predicted octanol–water partition coefficient (Wildman–Crippen LogP) is -0.309. The lowest BCUT2D eigenvalue weighted by Crippen LogP contribution is -2.49. The molecule has 1 aromatic carbocycles. The molecule has 228 valence electrons. The number of benzene rings is 1. The highest BCUT2D eigenvalue weighted by atomic mass is 32.2. The maximum atomic E-state index is 13.2. The molecule has 1 aliphatic heterocycles. The second-order valence-electron chi connectivity index (χ2n) is 10.8. The van der Waals surface area contributed by atoms with Crippen molar-refractivity contribution in [1.82, 2.24) is 15.4 Å². The molecule has 0 unspecified atom stereocenters. The zero-order valence-electron chi connectivity index (χ0n) is 24.2. The number of carboxylic acids is 1. The van der Waals surface area contributed by atoms with E-state index in [9.17, 15) is 27.6 Å². The van der Waals surface area contributed by atoms with Crippen molar-refractivity contribution < 1.29 is 37.4 Å². The average Bonchev–Trinajstić information content (AvgIpc) is 3.18. The van der Waals surface area contributed by atoms with E-state index in [2.05, 4.69) is 20.3 Å². The molecule has 2 amide bonds. The molecule has 2 atom stereocenters. The van der Waals surface area contributed by atoms with Crippen molar-refractivity contribution in [2.45, 2.75) is 89.8 Å². The van der Waals surface area contributed by atoms with Crippen LogP contribution in [0.25, 0.3) is 0 Å². The van der Waals surface area contributed by atoms with Crippen LogP contribution in [-0.2, 0) is 35.6 Å². The first-order chi connectivity index (χ1) is 18.9. The summed E-state index contributed by atoms with van der Waals surface area (Å²) in [4.78, 5) is 50.5. The van der Waals surface area contributed by atoms with Gasteiger partial charge in [0.25, 0.3) is 10.0 Å². The number of sulfonamides is 1. The zero-order chi connectivity index (χ0) is 31.3. The van der Waals surface area contributed by atoms with E-state index in [1.54, 1.807) is 13.8 Å². The van der Waals surface area contributed by atoms with Crippen LogP contribution in [0, 0.1) is 20.8 Å². The third-order valence-electron chi connectivity index (χ3n) is 6.64. The Balaban J connectivity index is 1.90. The molecule has 14 nitrogen and oxygen atoms in total. The minimum atomic E-state index is -4.05. The van der Waals surface area contributed by atoms with Crippen molar-refractivity contribution in [3.05, 3.63) is 22.3 Å². The molecule has 0 bridgehead atoms. The van der Waals surface area contributed by atoms with Crippen LogP contribution in [0.5, 0.6) is 5.75 Å². The lowest BCUT2D eigenvalue weighted by atomic mass is 9.94. The third-order valence-corrected chi connectivity index (χ3v) is 8.27. The number of nitrogens with two attached hydrogens (primary N) is 2. The SMILES string of the molecule is CC(=O)C[C@H](NC(=O)CNC(=O)[C@@H](N)CCCN=C(N)NS(=O)(=O)c1c(C)c(C)c2c(c1C)CC(C)(C)O2)C(=O)O. The van der Waals surface area contributed by atoms with E-state index in [4.69, 9.17) is 21.3 Å². The first-order valence-corrected chi connectivity index (χ1v) is 14.5. The summed E-state index contributed by atoms with van der Waals surface area (Å²) in [5.74, 6) is -2.83. The number of carbonyl (C=O) groups excluding carboxylic acids is 3. The molecule has 0 spiro atoms. The van der Waals surface area contributed by atoms with Gasteiger partial charge in [-0.3, -0.25) is 19.4 Å². The molecule has 15 heteroatoms. The second kappa shape index (κ2) is 13.3. The summed E-state index contributed by atoms with van der Waals surface area (Å²) >= 11 is 0. The number of nitrogens with one attached hydrogen (secondary N) is 3. The second-order valence-corrected chi connectivity index (χ2v) is 12.4. The molecule has 0 fully saturated rings. The Bertz CT molecular complexity index is 1360. The van der Waals surface area contributed by atoms with E-state index >= 15 is 0 Å². The van der Waals surface area contributed by atoms with Crippen LogP contribution >= 0.6 is 0 Å². The van der Waals surface area contributed by atoms with Gasteiger partial charge in [0.2, 0.25) is 17.8 Å². The number of aliphatic carboxylic acids is 1. The van der Waals surface area contributed by atoms with E-state index in [1.807, 2.05) is 20.8 Å². The zero-order valence-corrected chi connectivity index (χ0v) is 25.0. The van der Waals surface area contributed by atoms with Gasteiger partial charge < -0.3 is 31.9 Å². The largest absolute Gasteiger partial charge is 0.487 e. The standard InChI is InChI=1S/C26H40N6O8S/c1-13(33)10-19(24(36)37)31-20(34)12-30-23(35)18(27)8-7-9-29-25(28)32-41(38,39)22-15(3)14(2)21-17(16(22)4)11-26(5,6)40-21/h18-19H,7-12,27H2,1-6H3,(H,30,35)(H,31,34)(H,36,37)(H3,28,29,32)/t18-,19-/m0/s1. The van der Waals surface area contributed by atoms with Crippen molar-refractivity contribution in [3.63, 3.8) is 0 Å². The van der Waals surface area contributed by atoms with Crippen LogP contribution in [-0.4, -0.2) is 73.8 Å². The highest BCUT2D eigenvalue weighted by molar-refractivity contribution is 7.90. The van der Waals surface area contributed by atoms with Gasteiger partial charge in [-0.2, -0.15) is 0 Å². The first kappa shape index (κ1) is 33.5. The highest BCUT2D eigenvalue weighted by Gasteiger charge is 2.36. The number of ketones is 1. The third kappa shape index (κ3) is 8.88. The summed E-state index contributed by atoms with van der Waals surface area (Å²) in [6, 6.07) is -2.40. The molecule has 1 heterocycles. The molecule has 1 aliphatic rings. The monoisotopic (exact) mass is 596 g/mol. The van der Waals surface area contributed by atoms with Gasteiger partial charge >= 0.3 is 5.97 Å². The summed E-state index contributed by atoms with van der Waals surface area (Å²) in [7, 11) is -4.05. The van der Waals surface area contributed by atoms with E-state index < -0.39 is 57.8 Å². The maximum Gasteiger partial charge on any atom is 0.326 e. The number of ether oxygens (including phenoxy) is 1. The Kier molecular flexibility index (Phi) is 10.9. The Morgan fingerprint density at radius 1 is 1.12 bits per heavy atom. The molecule has 2 rings (SSSR count). The number of nitrogens with zero attached hydrogens (tertiary/aromatic N) is 1. The molecule has 41 heavy (non-hydrogen) atoms. The van der Waals surface area contributed by atoms with Crippen LogP contribution in [0.1, 0.15) is 62.3 Å². The van der Waals surface area contributed by atoms with Gasteiger partial charge in [-0.15, -0.1) is 0 Å². The molecule has 0 saturated carbocycles. The normalized spacial score (nSPS) is 15.7. The average molecular weight is 597 g/mol. The lowest BCUT2D eigenvalue weighted by Gasteiger charge is -2.19. The first-order valence-electron chi connectivity index (χ1n) is 13.1. The number of rotatable bonds is 13. The number of fused-ring (bicyclic) bond motifs is 1. The Morgan fingerprint density at radius 2 is 1.76 bits per heavy atom. The van der Waals surface area contributed by atoms with E-state index in [-0.39, 0.29) is 36.7 Å². The van der Waals surface area contributed by atoms with E-state index in [1.165, 1.54) is 6.92 Å². The summed E-state index contributed by atoms with van der Waals surface area (Å²) < 4.78 is 34.8. The van der Waals surface area contributed by atoms with Gasteiger partial charge in [-0.1, -0.05) is 0 Å². The van der Waals surface area contributed by atoms with Gasteiger partial charge in [-0.25, -0.2) is 17.9 Å². The molecule has 8 N–H and O–H groups in total. The number of guanidine groups is 1. The van der Waals surface area contributed by atoms with Crippen LogP contribution in [0.15, 0.2) is 9.89 Å². The Labute approximate surface area is 239 Å². The lowest BCUT2D eigenvalue weighted by molar-refractivity contribution is -0.143. The molecule has 0 radical (unpaired) electrons. The Hall–Kier alpha value is -3.72. The summed E-state index contributed by atoms with van der Waals surface area (Å²) in [5, 5.41) is 13.5. The Morgan fingerprint density at radius 3 is 2.34 bits per heavy atom. The summed E-state index contributed by atoms with van der Waals surface area (Å²) in [6.45, 7) is 9.91. The van der Waals surface area contributed by atoms with Crippen molar-refractivity contribution in [1.29, 1.82) is 0 Å². The maximum absolute atomic E-state index is 13.2. The van der Waals surface area contributed by atoms with Crippen LogP contribution in [0.3, 0.4) is 0 Å². The fourth-order valence-corrected chi connectivity index (χ4v) is 6.07. The molecule has 0 aromatic heterocycles. The van der Waals surface area contributed by atoms with Crippen molar-refractivity contribution >= 4 is 39.5 Å². The quantitative estimate of drug-likeness (QED) is 0.0987. The predicted molar refractivity (Wildman–Crippen MR) is 151 cm³/mol. The molecule has 0 saturated heterocycles. The van der Waals surface area contributed by atoms with Crippen LogP contribution in [0.2, 0.25) is 0 Å². The summed E-state index contributed by atoms with van der Waals surface area (Å²) in [5.41, 5.74) is 14.0. The van der Waals surface area contributed by atoms with Crippen molar-refractivity contribution in [2.24, 2.45) is 16.5 Å². The number of hydrogen-bond acceptors (Lipinski definition) is 9. The van der Waals surface area contributed by atoms with Crippen LogP contribution in [0.4, 0.5) is 0 Å². The molecule has 0 aliphatic carbocycles. The number of aliphatic imine (C=N–C) groups is 1. The highest BCUT2D eigenvalue weighted by Crippen LogP contribution is 2.43. The van der Waals surface area contributed by atoms with E-state index in [0.29, 0.717) is 23.3 Å². The molecule has 1 aromatic rings. The molecular formula is C26H40N6O8S. The smallest absolute Gasteiger partial charge is 0.326 e. The molecular weight excluding hydrogens is 556 g/mol. The van der Waals surface area contributed by atoms with Gasteiger partial charge in [0, 0.05) is 24.9 Å². The topological polar surface area (TPSA) is 232 Å². The number of carbonyl (C=O) groups is 4. The summed E-state index contributed by atoms with van der Waals surface area (Å²) in [6.07, 6.45) is 0.624. The minimum Gasteiger partial charge on any atom is -0.487 e. The van der Waals surface area contributed by atoms with Gasteiger partial charge in [0.05, 0.1) is 17.5 Å². The van der Waals surface area contributed by atoms with Crippen molar-refractivity contribution in [2.75, 3.05) is 13.1 Å². The fourth-order valence-electron chi connectivity index (χ4n) is 4.54. The number of hydrogen-bond donors (Lipinski definition) is 6. The van der Waals surface area contributed by atoms with Gasteiger partial charge in [-0.05, 0) is 71.1 Å². The fraction of sp³-hybridized carbons (Fsp3) is 0.577. The van der Waals surface area contributed by atoms with Gasteiger partial charge in [0.1, 0.15) is 23.2 Å². The van der Waals surface area contributed by atoms with E-state index in [0.717, 1.165) is 11.1 Å². The van der Waals surface area contributed by atoms with Crippen molar-refractivity contribution in [3.8, 4) is 5.75 Å². The van der Waals surface area contributed by atoms with Gasteiger partial charge in [0.15, 0.2) is 0 Å². The minimum absolute atomic E-state index is 0.0738. The van der Waals surface area contributed by atoms with Crippen LogP contribution < -0.4 is 31.6 Å². The number of amides is 2. The number of carboxylic acid groups (broad SMARTS) is 1.